The summed E-state index contributed by atoms with van der Waals surface area (Å²) in [5.74, 6) is -0.460. The number of rotatable bonds is 11. The first-order valence-corrected chi connectivity index (χ1v) is 15.1. The highest BCUT2D eigenvalue weighted by atomic mass is 16.7. The summed E-state index contributed by atoms with van der Waals surface area (Å²) in [4.78, 5) is 29.0. The Morgan fingerprint density at radius 3 is 1.83 bits per heavy atom. The first-order valence-electron chi connectivity index (χ1n) is 15.1. The number of carbonyl (C=O) groups is 2. The molecule has 0 N–H and O–H groups in total. The predicted molar refractivity (Wildman–Crippen MR) is 174 cm³/mol. The fraction of sp³-hybridized carbons (Fsp3) is 0.297. The number of hydrogen-bond donors (Lipinski definition) is 0. The van der Waals surface area contributed by atoms with Crippen LogP contribution in [0.15, 0.2) is 66.7 Å². The molecular formula is C37H36O11. The Balaban J connectivity index is 1.53. The van der Waals surface area contributed by atoms with Crippen molar-refractivity contribution < 1.29 is 52.2 Å². The molecule has 0 amide bonds. The van der Waals surface area contributed by atoms with Crippen LogP contribution < -0.4 is 37.9 Å². The molecule has 11 nitrogen and oxygen atoms in total. The van der Waals surface area contributed by atoms with Gasteiger partial charge in [-0.1, -0.05) is 24.3 Å². The van der Waals surface area contributed by atoms with Crippen molar-refractivity contribution in [3.8, 4) is 46.0 Å². The van der Waals surface area contributed by atoms with Gasteiger partial charge < -0.3 is 42.6 Å². The largest absolute Gasteiger partial charge is 0.497 e. The molecule has 0 aromatic heterocycles. The van der Waals surface area contributed by atoms with Crippen molar-refractivity contribution in [3.05, 3.63) is 94.5 Å². The molecule has 0 fully saturated rings. The smallest absolute Gasteiger partial charge is 0.279 e. The SMILES string of the molecule is COc1ccc(C[C@]2(OC)Oc3cc(OC)c([C@H]4Oc5cc(OC)cc(OC)c5C(=O)[C@@H]4c4ccc(OC)cc4)c(OC)c3C2=O)cc1. The van der Waals surface area contributed by atoms with Gasteiger partial charge in [-0.2, -0.15) is 0 Å². The molecule has 4 aromatic rings. The van der Waals surface area contributed by atoms with Crippen LogP contribution in [0.3, 0.4) is 0 Å². The van der Waals surface area contributed by atoms with E-state index in [1.807, 2.05) is 12.1 Å². The number of methoxy groups -OCH3 is 7. The van der Waals surface area contributed by atoms with Crippen molar-refractivity contribution >= 4 is 11.6 Å². The third-order valence-electron chi connectivity index (χ3n) is 8.78. The average molecular weight is 657 g/mol. The first kappa shape index (κ1) is 32.5. The lowest BCUT2D eigenvalue weighted by molar-refractivity contribution is -0.117. The van der Waals surface area contributed by atoms with Gasteiger partial charge in [0.2, 0.25) is 5.78 Å². The first-order chi connectivity index (χ1) is 23.3. The molecule has 0 bridgehead atoms. The molecule has 2 heterocycles. The maximum Gasteiger partial charge on any atom is 0.279 e. The average Bonchev–Trinajstić information content (AvgIpc) is 3.40. The fourth-order valence-electron chi connectivity index (χ4n) is 6.36. The van der Waals surface area contributed by atoms with Crippen LogP contribution in [0, 0.1) is 0 Å². The second-order valence-corrected chi connectivity index (χ2v) is 11.2. The van der Waals surface area contributed by atoms with Crippen LogP contribution in [0.1, 0.15) is 49.4 Å². The normalized spacial score (nSPS) is 19.4. The molecule has 0 spiro atoms. The van der Waals surface area contributed by atoms with E-state index in [2.05, 4.69) is 0 Å². The van der Waals surface area contributed by atoms with E-state index in [1.54, 1.807) is 68.8 Å². The van der Waals surface area contributed by atoms with Gasteiger partial charge in [-0.05, 0) is 35.4 Å². The van der Waals surface area contributed by atoms with Crippen LogP contribution in [0.4, 0.5) is 0 Å². The zero-order valence-electron chi connectivity index (χ0n) is 27.7. The summed E-state index contributed by atoms with van der Waals surface area (Å²) < 4.78 is 52.5. The zero-order valence-corrected chi connectivity index (χ0v) is 27.7. The fourth-order valence-corrected chi connectivity index (χ4v) is 6.36. The zero-order chi connectivity index (χ0) is 34.2. The number of benzene rings is 4. The number of carbonyl (C=O) groups excluding carboxylic acids is 2. The van der Waals surface area contributed by atoms with Crippen molar-refractivity contribution in [1.82, 2.24) is 0 Å². The van der Waals surface area contributed by atoms with E-state index >= 15 is 0 Å². The van der Waals surface area contributed by atoms with Gasteiger partial charge in [0.05, 0.1) is 54.1 Å². The number of hydrogen-bond acceptors (Lipinski definition) is 11. The summed E-state index contributed by atoms with van der Waals surface area (Å²) in [6.45, 7) is 0. The Morgan fingerprint density at radius 2 is 1.27 bits per heavy atom. The Labute approximate surface area is 278 Å². The summed E-state index contributed by atoms with van der Waals surface area (Å²) in [5, 5.41) is 0. The van der Waals surface area contributed by atoms with Gasteiger partial charge in [0.25, 0.3) is 5.79 Å². The second kappa shape index (κ2) is 13.0. The van der Waals surface area contributed by atoms with E-state index in [0.29, 0.717) is 34.1 Å². The summed E-state index contributed by atoms with van der Waals surface area (Å²) >= 11 is 0. The monoisotopic (exact) mass is 656 g/mol. The molecule has 2 aliphatic heterocycles. The highest BCUT2D eigenvalue weighted by Crippen LogP contribution is 2.55. The van der Waals surface area contributed by atoms with Crippen LogP contribution >= 0.6 is 0 Å². The lowest BCUT2D eigenvalue weighted by Crippen LogP contribution is -2.44. The summed E-state index contributed by atoms with van der Waals surface area (Å²) in [5.41, 5.74) is 2.15. The predicted octanol–water partition coefficient (Wildman–Crippen LogP) is 6.00. The van der Waals surface area contributed by atoms with E-state index in [-0.39, 0.29) is 46.3 Å². The van der Waals surface area contributed by atoms with Crippen molar-refractivity contribution in [3.63, 3.8) is 0 Å². The molecule has 6 rings (SSSR count). The molecule has 0 saturated heterocycles. The van der Waals surface area contributed by atoms with Gasteiger partial charge in [-0.3, -0.25) is 9.59 Å². The third-order valence-corrected chi connectivity index (χ3v) is 8.78. The molecule has 2 aliphatic rings. The van der Waals surface area contributed by atoms with Gasteiger partial charge in [-0.25, -0.2) is 0 Å². The number of fused-ring (bicyclic) bond motifs is 2. The molecule has 48 heavy (non-hydrogen) atoms. The van der Waals surface area contributed by atoms with Gasteiger partial charge in [0, 0.05) is 31.7 Å². The van der Waals surface area contributed by atoms with E-state index in [0.717, 1.165) is 5.56 Å². The van der Waals surface area contributed by atoms with Crippen molar-refractivity contribution in [2.45, 2.75) is 24.2 Å². The Hall–Kier alpha value is -5.42. The van der Waals surface area contributed by atoms with Crippen LogP contribution in [0.25, 0.3) is 0 Å². The second-order valence-electron chi connectivity index (χ2n) is 11.2. The summed E-state index contributed by atoms with van der Waals surface area (Å²) in [7, 11) is 10.5. The Bertz CT molecular complexity index is 1850. The van der Waals surface area contributed by atoms with Crippen molar-refractivity contribution in [2.24, 2.45) is 0 Å². The standard InChI is InChI=1S/C37H36O11/c1-40-22-12-8-20(9-13-22)19-37(46-7)36(39)32-28(48-37)18-26(44-5)31(34(32)45-6)35-29(21-10-14-23(41-2)15-11-21)33(38)30-25(43-4)16-24(42-3)17-27(30)47-35/h8-18,29,35H,19H2,1-7H3/t29-,35-,37-/m0/s1. The van der Waals surface area contributed by atoms with Gasteiger partial charge >= 0.3 is 0 Å². The summed E-state index contributed by atoms with van der Waals surface area (Å²) in [6.07, 6.45) is -0.931. The third kappa shape index (κ3) is 5.29. The maximum absolute atomic E-state index is 14.6. The number of ketones is 2. The van der Waals surface area contributed by atoms with Gasteiger partial charge in [0.15, 0.2) is 5.78 Å². The van der Waals surface area contributed by atoms with E-state index in [1.165, 1.54) is 35.5 Å². The molecular weight excluding hydrogens is 620 g/mol. The molecule has 3 atom stereocenters. The van der Waals surface area contributed by atoms with E-state index < -0.39 is 23.6 Å². The maximum atomic E-state index is 14.6. The van der Waals surface area contributed by atoms with Gasteiger partial charge in [0.1, 0.15) is 63.2 Å². The highest BCUT2D eigenvalue weighted by Gasteiger charge is 2.53. The molecule has 4 aromatic carbocycles. The highest BCUT2D eigenvalue weighted by molar-refractivity contribution is 6.10. The minimum absolute atomic E-state index is 0.0989. The molecule has 250 valence electrons. The Kier molecular flexibility index (Phi) is 8.81. The van der Waals surface area contributed by atoms with E-state index in [9.17, 15) is 9.59 Å². The molecule has 0 aliphatic carbocycles. The van der Waals surface area contributed by atoms with Crippen LogP contribution in [0.2, 0.25) is 0 Å². The minimum Gasteiger partial charge on any atom is -0.497 e. The molecule has 0 radical (unpaired) electrons. The van der Waals surface area contributed by atoms with E-state index in [4.69, 9.17) is 42.6 Å². The number of ether oxygens (including phenoxy) is 9. The van der Waals surface area contributed by atoms with Crippen LogP contribution in [0.5, 0.6) is 46.0 Å². The lowest BCUT2D eigenvalue weighted by atomic mass is 9.79. The number of Topliss-reactive ketones (excluding diaryl/α,β-unsaturated/α-hetero) is 2. The topological polar surface area (TPSA) is 117 Å². The lowest BCUT2D eigenvalue weighted by Gasteiger charge is -2.35. The van der Waals surface area contributed by atoms with Crippen LogP contribution in [-0.2, 0) is 11.2 Å². The molecule has 0 saturated carbocycles. The quantitative estimate of drug-likeness (QED) is 0.189. The Morgan fingerprint density at radius 1 is 0.646 bits per heavy atom. The molecule has 0 unspecified atom stereocenters. The van der Waals surface area contributed by atoms with Crippen molar-refractivity contribution in [2.75, 3.05) is 49.8 Å². The van der Waals surface area contributed by atoms with Crippen LogP contribution in [-0.4, -0.2) is 67.1 Å². The van der Waals surface area contributed by atoms with Crippen molar-refractivity contribution in [1.29, 1.82) is 0 Å². The van der Waals surface area contributed by atoms with Gasteiger partial charge in [-0.15, -0.1) is 0 Å². The molecule has 11 heteroatoms. The minimum atomic E-state index is -1.69. The summed E-state index contributed by atoms with van der Waals surface area (Å²) in [6, 6.07) is 19.2.